The van der Waals surface area contributed by atoms with Gasteiger partial charge in [0.15, 0.2) is 0 Å². The van der Waals surface area contributed by atoms with Crippen molar-refractivity contribution in [2.75, 3.05) is 5.32 Å². The Morgan fingerprint density at radius 1 is 1.26 bits per heavy atom. The predicted molar refractivity (Wildman–Crippen MR) is 106 cm³/mol. The molecule has 0 saturated carbocycles. The SMILES string of the molecule is Cc1nc2ccc(NC(=O)[C@H](C)N=C3NS(=O)(=O)c4ccccc43)cc2s1. The van der Waals surface area contributed by atoms with Crippen LogP contribution in [-0.4, -0.2) is 31.2 Å². The van der Waals surface area contributed by atoms with E-state index in [1.165, 1.54) is 6.07 Å². The molecular formula is C18H16N4O3S2. The van der Waals surface area contributed by atoms with Crippen molar-refractivity contribution in [3.63, 3.8) is 0 Å². The Balaban J connectivity index is 1.56. The van der Waals surface area contributed by atoms with Crippen molar-refractivity contribution in [2.45, 2.75) is 24.8 Å². The maximum Gasteiger partial charge on any atom is 0.263 e. The number of benzene rings is 2. The van der Waals surface area contributed by atoms with Gasteiger partial charge >= 0.3 is 0 Å². The molecule has 27 heavy (non-hydrogen) atoms. The summed E-state index contributed by atoms with van der Waals surface area (Å²) in [5, 5.41) is 3.78. The standard InChI is InChI=1S/C18H16N4O3S2/c1-10(19-17-13-5-3-4-6-16(13)27(24,25)22-17)18(23)21-12-7-8-14-15(9-12)26-11(2)20-14/h3-10H,1-2H3,(H,19,22)(H,21,23)/t10-/m0/s1. The van der Waals surface area contributed by atoms with E-state index in [1.807, 2.05) is 19.1 Å². The van der Waals surface area contributed by atoms with Crippen LogP contribution in [0.15, 0.2) is 52.4 Å². The molecule has 1 atom stereocenters. The molecule has 2 heterocycles. The number of fused-ring (bicyclic) bond motifs is 2. The minimum atomic E-state index is -3.63. The molecule has 1 amide bonds. The highest BCUT2D eigenvalue weighted by Crippen LogP contribution is 2.25. The predicted octanol–water partition coefficient (Wildman–Crippen LogP) is 2.67. The van der Waals surface area contributed by atoms with Gasteiger partial charge < -0.3 is 5.32 Å². The number of amidine groups is 1. The van der Waals surface area contributed by atoms with E-state index in [0.717, 1.165) is 15.2 Å². The number of amides is 1. The molecule has 0 saturated heterocycles. The molecule has 0 spiro atoms. The highest BCUT2D eigenvalue weighted by atomic mass is 32.2. The molecule has 0 aliphatic carbocycles. The zero-order valence-corrected chi connectivity index (χ0v) is 16.2. The summed E-state index contributed by atoms with van der Waals surface area (Å²) in [5.41, 5.74) is 2.01. The molecule has 2 aromatic carbocycles. The van der Waals surface area contributed by atoms with E-state index in [0.29, 0.717) is 11.3 Å². The van der Waals surface area contributed by atoms with Gasteiger partial charge in [0, 0.05) is 11.3 Å². The topological polar surface area (TPSA) is 101 Å². The van der Waals surface area contributed by atoms with Gasteiger partial charge in [-0.2, -0.15) is 0 Å². The molecule has 1 aliphatic heterocycles. The van der Waals surface area contributed by atoms with Crippen molar-refractivity contribution in [1.82, 2.24) is 9.71 Å². The fraction of sp³-hybridized carbons (Fsp3) is 0.167. The Morgan fingerprint density at radius 3 is 2.85 bits per heavy atom. The number of sulfonamides is 1. The van der Waals surface area contributed by atoms with Gasteiger partial charge in [0.2, 0.25) is 5.91 Å². The summed E-state index contributed by atoms with van der Waals surface area (Å²) in [6.07, 6.45) is 0. The molecule has 138 valence electrons. The monoisotopic (exact) mass is 400 g/mol. The second kappa shape index (κ2) is 6.43. The first-order valence-electron chi connectivity index (χ1n) is 8.21. The molecular weight excluding hydrogens is 384 g/mol. The summed E-state index contributed by atoms with van der Waals surface area (Å²) in [6.45, 7) is 3.55. The molecule has 2 N–H and O–H groups in total. The Labute approximate surface area is 160 Å². The van der Waals surface area contributed by atoms with Crippen LogP contribution in [-0.2, 0) is 14.8 Å². The minimum absolute atomic E-state index is 0.169. The van der Waals surface area contributed by atoms with E-state index in [4.69, 9.17) is 0 Å². The summed E-state index contributed by atoms with van der Waals surface area (Å²) in [6, 6.07) is 11.3. The van der Waals surface area contributed by atoms with Crippen molar-refractivity contribution in [3.8, 4) is 0 Å². The van der Waals surface area contributed by atoms with Crippen LogP contribution in [0.5, 0.6) is 0 Å². The number of aliphatic imine (C=N–C) groups is 1. The minimum Gasteiger partial charge on any atom is -0.324 e. The highest BCUT2D eigenvalue weighted by Gasteiger charge is 2.31. The number of hydrogen-bond acceptors (Lipinski definition) is 6. The van der Waals surface area contributed by atoms with Crippen LogP contribution in [0.3, 0.4) is 0 Å². The van der Waals surface area contributed by atoms with Gasteiger partial charge in [-0.15, -0.1) is 11.3 Å². The van der Waals surface area contributed by atoms with Crippen molar-refractivity contribution in [2.24, 2.45) is 4.99 Å². The molecule has 0 fully saturated rings. The van der Waals surface area contributed by atoms with Gasteiger partial charge in [-0.1, -0.05) is 12.1 Å². The van der Waals surface area contributed by atoms with Crippen molar-refractivity contribution in [3.05, 3.63) is 53.0 Å². The van der Waals surface area contributed by atoms with Crippen molar-refractivity contribution in [1.29, 1.82) is 0 Å². The first kappa shape index (κ1) is 17.6. The van der Waals surface area contributed by atoms with Crippen LogP contribution >= 0.6 is 11.3 Å². The quantitative estimate of drug-likeness (QED) is 0.706. The molecule has 0 unspecified atom stereocenters. The molecule has 9 heteroatoms. The van der Waals surface area contributed by atoms with Crippen molar-refractivity contribution >= 4 is 49.0 Å². The molecule has 0 bridgehead atoms. The summed E-state index contributed by atoms with van der Waals surface area (Å²) in [7, 11) is -3.63. The number of hydrogen-bond donors (Lipinski definition) is 2. The number of carbonyl (C=O) groups is 1. The second-order valence-electron chi connectivity index (χ2n) is 6.16. The molecule has 1 aromatic heterocycles. The molecule has 0 radical (unpaired) electrons. The van der Waals surface area contributed by atoms with Crippen LogP contribution in [0.1, 0.15) is 17.5 Å². The lowest BCUT2D eigenvalue weighted by Crippen LogP contribution is -2.28. The van der Waals surface area contributed by atoms with Crippen LogP contribution in [0, 0.1) is 6.92 Å². The maximum absolute atomic E-state index is 12.5. The second-order valence-corrected chi connectivity index (χ2v) is 9.05. The highest BCUT2D eigenvalue weighted by molar-refractivity contribution is 7.90. The normalized spacial score (nSPS) is 17.5. The summed E-state index contributed by atoms with van der Waals surface area (Å²) in [4.78, 5) is 21.3. The Bertz CT molecular complexity index is 1200. The lowest BCUT2D eigenvalue weighted by atomic mass is 10.2. The van der Waals surface area contributed by atoms with Gasteiger partial charge in [0.1, 0.15) is 11.9 Å². The van der Waals surface area contributed by atoms with Gasteiger partial charge in [0.05, 0.1) is 20.1 Å². The average Bonchev–Trinajstić information content (AvgIpc) is 3.11. The van der Waals surface area contributed by atoms with Crippen LogP contribution in [0.2, 0.25) is 0 Å². The third kappa shape index (κ3) is 3.31. The Kier molecular flexibility index (Phi) is 4.20. The zero-order chi connectivity index (χ0) is 19.2. The summed E-state index contributed by atoms with van der Waals surface area (Å²) < 4.78 is 27.7. The van der Waals surface area contributed by atoms with E-state index in [9.17, 15) is 13.2 Å². The third-order valence-electron chi connectivity index (χ3n) is 4.13. The lowest BCUT2D eigenvalue weighted by Gasteiger charge is -2.10. The number of thiazole rings is 1. The van der Waals surface area contributed by atoms with Crippen LogP contribution < -0.4 is 10.0 Å². The molecule has 3 aromatic rings. The Morgan fingerprint density at radius 2 is 2.04 bits per heavy atom. The Hall–Kier alpha value is -2.78. The summed E-state index contributed by atoms with van der Waals surface area (Å²) >= 11 is 1.55. The number of nitrogens with zero attached hydrogens (tertiary/aromatic N) is 2. The average molecular weight is 400 g/mol. The number of rotatable bonds is 3. The molecule has 1 aliphatic rings. The third-order valence-corrected chi connectivity index (χ3v) is 6.46. The van der Waals surface area contributed by atoms with Gasteiger partial charge in [0.25, 0.3) is 10.0 Å². The van der Waals surface area contributed by atoms with Gasteiger partial charge in [-0.25, -0.2) is 13.4 Å². The first-order chi connectivity index (χ1) is 12.8. The van der Waals surface area contributed by atoms with E-state index in [1.54, 1.807) is 42.5 Å². The number of aromatic nitrogens is 1. The van der Waals surface area contributed by atoms with Crippen LogP contribution in [0.4, 0.5) is 5.69 Å². The van der Waals surface area contributed by atoms with Crippen LogP contribution in [0.25, 0.3) is 10.2 Å². The van der Waals surface area contributed by atoms with Gasteiger partial charge in [-0.05, 0) is 44.2 Å². The lowest BCUT2D eigenvalue weighted by molar-refractivity contribution is -0.117. The fourth-order valence-corrected chi connectivity index (χ4v) is 4.95. The summed E-state index contributed by atoms with van der Waals surface area (Å²) in [5.74, 6) is -0.145. The van der Waals surface area contributed by atoms with E-state index >= 15 is 0 Å². The number of aryl methyl sites for hydroxylation is 1. The number of carbonyl (C=O) groups excluding carboxylic acids is 1. The molecule has 7 nitrogen and oxygen atoms in total. The smallest absolute Gasteiger partial charge is 0.263 e. The van der Waals surface area contributed by atoms with Gasteiger partial charge in [-0.3, -0.25) is 14.5 Å². The van der Waals surface area contributed by atoms with E-state index in [2.05, 4.69) is 20.0 Å². The van der Waals surface area contributed by atoms with E-state index in [-0.39, 0.29) is 16.6 Å². The molecule has 4 rings (SSSR count). The first-order valence-corrected chi connectivity index (χ1v) is 10.5. The van der Waals surface area contributed by atoms with E-state index < -0.39 is 16.1 Å². The number of anilines is 1. The zero-order valence-electron chi connectivity index (χ0n) is 14.6. The van der Waals surface area contributed by atoms with Crippen molar-refractivity contribution < 1.29 is 13.2 Å². The number of nitrogens with one attached hydrogen (secondary N) is 2. The fourth-order valence-electron chi connectivity index (χ4n) is 2.85. The largest absolute Gasteiger partial charge is 0.324 e. The maximum atomic E-state index is 12.5.